The van der Waals surface area contributed by atoms with Crippen LogP contribution in [0.1, 0.15) is 66.2 Å². The monoisotopic (exact) mass is 310 g/mol. The van der Waals surface area contributed by atoms with Crippen molar-refractivity contribution < 1.29 is 9.53 Å². The summed E-state index contributed by atoms with van der Waals surface area (Å²) in [5.74, 6) is 0.542. The van der Waals surface area contributed by atoms with Gasteiger partial charge in [-0.3, -0.25) is 0 Å². The molecule has 21 heavy (non-hydrogen) atoms. The first-order chi connectivity index (χ1) is 9.55. The number of hydrogen-bond donors (Lipinski definition) is 1. The third kappa shape index (κ3) is 3.30. The Morgan fingerprint density at radius 1 is 1.29 bits per heavy atom. The quantitative estimate of drug-likeness (QED) is 0.423. The first kappa shape index (κ1) is 17.2. The molecule has 3 atom stereocenters. The van der Waals surface area contributed by atoms with E-state index in [9.17, 15) is 5.11 Å². The Hall–Kier alpha value is -0.123. The van der Waals surface area contributed by atoms with Crippen LogP contribution in [0.4, 0.5) is 0 Å². The van der Waals surface area contributed by atoms with Gasteiger partial charge in [0.1, 0.15) is 5.60 Å². The molecule has 0 aliphatic heterocycles. The molecular weight excluding hydrogens is 276 g/mol. The van der Waals surface area contributed by atoms with Gasteiger partial charge < -0.3 is 9.53 Å². The first-order valence-corrected chi connectivity index (χ1v) is 11.6. The van der Waals surface area contributed by atoms with Gasteiger partial charge in [-0.05, 0) is 36.9 Å². The molecule has 2 aliphatic rings. The molecule has 1 fully saturated rings. The minimum absolute atomic E-state index is 0.192. The lowest BCUT2D eigenvalue weighted by molar-refractivity contribution is 0.0321. The summed E-state index contributed by atoms with van der Waals surface area (Å²) in [6.07, 6.45) is 11.3. The van der Waals surface area contributed by atoms with Gasteiger partial charge in [-0.25, -0.2) is 0 Å². The first-order valence-electron chi connectivity index (χ1n) is 8.67. The van der Waals surface area contributed by atoms with E-state index in [2.05, 4.69) is 52.9 Å². The maximum absolute atomic E-state index is 10.9. The van der Waals surface area contributed by atoms with Crippen LogP contribution in [-0.4, -0.2) is 24.6 Å². The lowest BCUT2D eigenvalue weighted by Crippen LogP contribution is -2.47. The molecule has 0 bridgehead atoms. The van der Waals surface area contributed by atoms with Gasteiger partial charge >= 0.3 is 0 Å². The Labute approximate surface area is 132 Å². The van der Waals surface area contributed by atoms with Crippen LogP contribution in [-0.2, 0) is 4.43 Å². The van der Waals surface area contributed by atoms with Crippen LogP contribution in [0.25, 0.3) is 0 Å². The summed E-state index contributed by atoms with van der Waals surface area (Å²) in [6, 6.07) is 0. The zero-order valence-electron chi connectivity index (χ0n) is 14.8. The molecule has 0 radical (unpaired) electrons. The molecule has 2 nitrogen and oxygen atoms in total. The van der Waals surface area contributed by atoms with E-state index in [0.717, 1.165) is 12.8 Å². The maximum atomic E-state index is 10.9. The normalized spacial score (nSPS) is 35.7. The molecule has 0 saturated heterocycles. The van der Waals surface area contributed by atoms with Crippen molar-refractivity contribution in [3.8, 4) is 0 Å². The minimum atomic E-state index is -1.83. The Kier molecular flexibility index (Phi) is 4.52. The van der Waals surface area contributed by atoms with E-state index in [1.807, 2.05) is 0 Å². The van der Waals surface area contributed by atoms with Crippen molar-refractivity contribution in [2.24, 2.45) is 5.92 Å². The maximum Gasteiger partial charge on any atom is 0.193 e. The van der Waals surface area contributed by atoms with E-state index in [4.69, 9.17) is 4.43 Å². The van der Waals surface area contributed by atoms with Crippen LogP contribution >= 0.6 is 0 Å². The standard InChI is InChI=1S/C18H34O2Si/c1-7-8-9-10-15-11-12-18(14-17(18,19)13-15)20-21(5,6)16(2,3)4/h11-12,15,19H,7-10,13-14H2,1-6H3/t15-,17+,18+/m1/s1. The second kappa shape index (κ2) is 5.50. The molecule has 1 saturated carbocycles. The van der Waals surface area contributed by atoms with Crippen LogP contribution in [0.3, 0.4) is 0 Å². The van der Waals surface area contributed by atoms with Gasteiger partial charge in [0.15, 0.2) is 8.32 Å². The molecule has 2 rings (SSSR count). The zero-order chi connectivity index (χ0) is 15.9. The third-order valence-electron chi connectivity index (χ3n) is 5.88. The third-order valence-corrected chi connectivity index (χ3v) is 10.4. The largest absolute Gasteiger partial charge is 0.405 e. The number of hydrogen-bond acceptors (Lipinski definition) is 2. The molecule has 0 spiro atoms. The average Bonchev–Trinajstić information content (AvgIpc) is 2.91. The van der Waals surface area contributed by atoms with Gasteiger partial charge in [-0.1, -0.05) is 59.1 Å². The van der Waals surface area contributed by atoms with Crippen molar-refractivity contribution in [2.75, 3.05) is 0 Å². The van der Waals surface area contributed by atoms with Gasteiger partial charge in [0.2, 0.25) is 0 Å². The van der Waals surface area contributed by atoms with Crippen LogP contribution in [0.5, 0.6) is 0 Å². The van der Waals surface area contributed by atoms with E-state index < -0.39 is 13.9 Å². The summed E-state index contributed by atoms with van der Waals surface area (Å²) in [4.78, 5) is 0. The predicted molar refractivity (Wildman–Crippen MR) is 92.0 cm³/mol. The summed E-state index contributed by atoms with van der Waals surface area (Å²) >= 11 is 0. The Morgan fingerprint density at radius 2 is 1.95 bits per heavy atom. The number of unbranched alkanes of at least 4 members (excludes halogenated alkanes) is 2. The van der Waals surface area contributed by atoms with Gasteiger partial charge in [-0.2, -0.15) is 0 Å². The SMILES string of the molecule is CCCCC[C@@H]1C=C[C@]2(O[Si](C)(C)C(C)(C)C)C[C@@]2(O)C1. The smallest absolute Gasteiger partial charge is 0.193 e. The van der Waals surface area contributed by atoms with Gasteiger partial charge in [-0.15, -0.1) is 0 Å². The van der Waals surface area contributed by atoms with E-state index in [1.54, 1.807) is 0 Å². The van der Waals surface area contributed by atoms with E-state index >= 15 is 0 Å². The molecule has 0 unspecified atom stereocenters. The summed E-state index contributed by atoms with van der Waals surface area (Å²) < 4.78 is 6.58. The molecule has 0 aromatic heterocycles. The molecule has 3 heteroatoms. The fourth-order valence-electron chi connectivity index (χ4n) is 3.27. The summed E-state index contributed by atoms with van der Waals surface area (Å²) in [5, 5.41) is 11.1. The van der Waals surface area contributed by atoms with E-state index in [-0.39, 0.29) is 10.6 Å². The van der Waals surface area contributed by atoms with Gasteiger partial charge in [0.05, 0.1) is 5.60 Å². The van der Waals surface area contributed by atoms with Gasteiger partial charge in [0, 0.05) is 6.42 Å². The van der Waals surface area contributed by atoms with Crippen LogP contribution < -0.4 is 0 Å². The van der Waals surface area contributed by atoms with Crippen LogP contribution in [0.15, 0.2) is 12.2 Å². The van der Waals surface area contributed by atoms with E-state index in [0.29, 0.717) is 5.92 Å². The highest BCUT2D eigenvalue weighted by Crippen LogP contribution is 2.61. The van der Waals surface area contributed by atoms with Crippen molar-refractivity contribution in [1.82, 2.24) is 0 Å². The molecule has 1 N–H and O–H groups in total. The topological polar surface area (TPSA) is 29.5 Å². The molecular formula is C18H34O2Si. The summed E-state index contributed by atoms with van der Waals surface area (Å²) in [5.41, 5.74) is -0.953. The van der Waals surface area contributed by atoms with Crippen LogP contribution in [0.2, 0.25) is 18.1 Å². The lowest BCUT2D eigenvalue weighted by Gasteiger charge is -2.41. The molecule has 122 valence electrons. The molecule has 0 aromatic carbocycles. The van der Waals surface area contributed by atoms with Gasteiger partial charge in [0.25, 0.3) is 0 Å². The van der Waals surface area contributed by atoms with Crippen molar-refractivity contribution in [3.05, 3.63) is 12.2 Å². The second-order valence-corrected chi connectivity index (χ2v) is 13.5. The number of fused-ring (bicyclic) bond motifs is 1. The Bertz CT molecular complexity index is 410. The fraction of sp³-hybridized carbons (Fsp3) is 0.889. The molecule has 0 aromatic rings. The van der Waals surface area contributed by atoms with E-state index in [1.165, 1.54) is 25.7 Å². The Balaban J connectivity index is 2.02. The highest BCUT2D eigenvalue weighted by molar-refractivity contribution is 6.74. The zero-order valence-corrected chi connectivity index (χ0v) is 15.8. The number of aliphatic hydroxyl groups is 1. The van der Waals surface area contributed by atoms with Crippen molar-refractivity contribution in [2.45, 2.75) is 95.6 Å². The Morgan fingerprint density at radius 3 is 2.48 bits per heavy atom. The van der Waals surface area contributed by atoms with Crippen LogP contribution in [0, 0.1) is 5.92 Å². The number of allylic oxidation sites excluding steroid dienone is 1. The summed E-state index contributed by atoms with van der Waals surface area (Å²) in [6.45, 7) is 13.6. The minimum Gasteiger partial charge on any atom is -0.405 e. The van der Waals surface area contributed by atoms with Crippen molar-refractivity contribution in [1.29, 1.82) is 0 Å². The second-order valence-electron chi connectivity index (χ2n) is 8.78. The molecule has 2 aliphatic carbocycles. The predicted octanol–water partition coefficient (Wildman–Crippen LogP) is 5.04. The fourth-order valence-corrected chi connectivity index (χ4v) is 4.82. The highest BCUT2D eigenvalue weighted by Gasteiger charge is 2.70. The summed E-state index contributed by atoms with van der Waals surface area (Å²) in [7, 11) is -1.83. The van der Waals surface area contributed by atoms with Crippen molar-refractivity contribution >= 4 is 8.32 Å². The highest BCUT2D eigenvalue weighted by atomic mass is 28.4. The lowest BCUT2D eigenvalue weighted by atomic mass is 9.88. The van der Waals surface area contributed by atoms with Crippen molar-refractivity contribution in [3.63, 3.8) is 0 Å². The average molecular weight is 311 g/mol. The number of rotatable bonds is 6. The molecule has 0 heterocycles. The molecule has 0 amide bonds.